The van der Waals surface area contributed by atoms with Gasteiger partial charge in [0, 0.05) is 12.6 Å². The van der Waals surface area contributed by atoms with Crippen molar-refractivity contribution in [3.05, 3.63) is 29.3 Å². The van der Waals surface area contributed by atoms with Crippen LogP contribution in [0.15, 0.2) is 18.2 Å². The molecule has 0 radical (unpaired) electrons. The molecule has 19 heavy (non-hydrogen) atoms. The molecule has 4 rings (SSSR count). The van der Waals surface area contributed by atoms with Crippen LogP contribution in [-0.2, 0) is 6.42 Å². The number of nitrogens with one attached hydrogen (secondary N) is 1. The molecular weight excluding hydrogens is 234 g/mol. The van der Waals surface area contributed by atoms with E-state index in [1.807, 2.05) is 0 Å². The number of methoxy groups -OCH3 is 1. The summed E-state index contributed by atoms with van der Waals surface area (Å²) in [7, 11) is 1.76. The number of aryl methyl sites for hydroxylation is 1. The third-order valence-corrected chi connectivity index (χ3v) is 5.47. The Morgan fingerprint density at radius 3 is 2.79 bits per heavy atom. The summed E-state index contributed by atoms with van der Waals surface area (Å²) in [6.07, 6.45) is 8.36. The fourth-order valence-electron chi connectivity index (χ4n) is 3.83. The molecule has 0 aliphatic heterocycles. The molecule has 0 bridgehead atoms. The molecule has 2 fully saturated rings. The Kier molecular flexibility index (Phi) is 2.63. The Bertz CT molecular complexity index is 488. The molecule has 3 aliphatic rings. The predicted octanol–water partition coefficient (Wildman–Crippen LogP) is 3.46. The van der Waals surface area contributed by atoms with Crippen molar-refractivity contribution in [2.45, 2.75) is 44.6 Å². The summed E-state index contributed by atoms with van der Waals surface area (Å²) in [5, 5.41) is 3.86. The molecule has 0 saturated heterocycles. The quantitative estimate of drug-likeness (QED) is 0.872. The summed E-state index contributed by atoms with van der Waals surface area (Å²) in [6, 6.07) is 7.12. The van der Waals surface area contributed by atoms with Crippen LogP contribution in [-0.4, -0.2) is 13.7 Å². The average molecular weight is 257 g/mol. The van der Waals surface area contributed by atoms with Gasteiger partial charge in [0.15, 0.2) is 0 Å². The van der Waals surface area contributed by atoms with Crippen molar-refractivity contribution in [1.29, 1.82) is 0 Å². The van der Waals surface area contributed by atoms with Gasteiger partial charge in [-0.1, -0.05) is 6.07 Å². The van der Waals surface area contributed by atoms with Crippen LogP contribution in [0.5, 0.6) is 5.75 Å². The second-order valence-corrected chi connectivity index (χ2v) is 6.67. The lowest BCUT2D eigenvalue weighted by molar-refractivity contribution is 0.372. The van der Waals surface area contributed by atoms with Crippen LogP contribution in [0.3, 0.4) is 0 Å². The Morgan fingerprint density at radius 2 is 2.11 bits per heavy atom. The highest BCUT2D eigenvalue weighted by Crippen LogP contribution is 2.61. The number of fused-ring (bicyclic) bond motifs is 1. The van der Waals surface area contributed by atoms with Crippen LogP contribution in [0.1, 0.15) is 49.3 Å². The molecule has 1 aromatic rings. The third-order valence-electron chi connectivity index (χ3n) is 5.47. The molecule has 1 aromatic carbocycles. The number of ether oxygens (including phenoxy) is 1. The highest BCUT2D eigenvalue weighted by molar-refractivity contribution is 5.40. The van der Waals surface area contributed by atoms with Gasteiger partial charge in [-0.25, -0.2) is 0 Å². The zero-order valence-corrected chi connectivity index (χ0v) is 11.7. The predicted molar refractivity (Wildman–Crippen MR) is 76.4 cm³/mol. The van der Waals surface area contributed by atoms with Gasteiger partial charge in [-0.3, -0.25) is 0 Å². The summed E-state index contributed by atoms with van der Waals surface area (Å²) < 4.78 is 5.37. The molecular formula is C17H23NO. The molecule has 102 valence electrons. The number of rotatable bonds is 5. The Hall–Kier alpha value is -1.02. The van der Waals surface area contributed by atoms with Gasteiger partial charge in [-0.05, 0) is 73.1 Å². The van der Waals surface area contributed by atoms with Crippen LogP contribution in [0.4, 0.5) is 0 Å². The summed E-state index contributed by atoms with van der Waals surface area (Å²) in [5.41, 5.74) is 3.68. The van der Waals surface area contributed by atoms with E-state index in [9.17, 15) is 0 Å². The highest BCUT2D eigenvalue weighted by Gasteiger charge is 2.53. The van der Waals surface area contributed by atoms with Crippen molar-refractivity contribution < 1.29 is 4.74 Å². The molecule has 1 atom stereocenters. The first-order valence-electron chi connectivity index (χ1n) is 7.71. The number of hydrogen-bond acceptors (Lipinski definition) is 2. The van der Waals surface area contributed by atoms with Crippen molar-refractivity contribution in [3.8, 4) is 5.75 Å². The minimum absolute atomic E-state index is 0.557. The molecule has 1 N–H and O–H groups in total. The molecule has 2 nitrogen and oxygen atoms in total. The monoisotopic (exact) mass is 257 g/mol. The van der Waals surface area contributed by atoms with E-state index < -0.39 is 0 Å². The van der Waals surface area contributed by atoms with Crippen LogP contribution in [0.2, 0.25) is 0 Å². The molecule has 1 unspecified atom stereocenters. The summed E-state index contributed by atoms with van der Waals surface area (Å²) >= 11 is 0. The molecule has 3 aliphatic carbocycles. The average Bonchev–Trinajstić information content (AvgIpc) is 3.33. The lowest BCUT2D eigenvalue weighted by Gasteiger charge is -2.20. The topological polar surface area (TPSA) is 21.3 Å². The van der Waals surface area contributed by atoms with Gasteiger partial charge in [0.1, 0.15) is 5.75 Å². The van der Waals surface area contributed by atoms with Gasteiger partial charge in [-0.15, -0.1) is 0 Å². The Labute approximate surface area is 115 Å². The maximum absolute atomic E-state index is 5.37. The first-order valence-corrected chi connectivity index (χ1v) is 7.71. The lowest BCUT2D eigenvalue weighted by Crippen LogP contribution is -2.28. The van der Waals surface area contributed by atoms with Crippen LogP contribution < -0.4 is 10.1 Å². The van der Waals surface area contributed by atoms with Crippen LogP contribution in [0, 0.1) is 11.3 Å². The van der Waals surface area contributed by atoms with Gasteiger partial charge in [0.2, 0.25) is 0 Å². The molecule has 0 spiro atoms. The van der Waals surface area contributed by atoms with E-state index in [4.69, 9.17) is 4.74 Å². The minimum Gasteiger partial charge on any atom is -0.497 e. The first kappa shape index (κ1) is 11.8. The van der Waals surface area contributed by atoms with Crippen LogP contribution >= 0.6 is 0 Å². The van der Waals surface area contributed by atoms with E-state index in [-0.39, 0.29) is 0 Å². The Morgan fingerprint density at radius 1 is 1.26 bits per heavy atom. The second-order valence-electron chi connectivity index (χ2n) is 6.67. The van der Waals surface area contributed by atoms with Gasteiger partial charge in [0.05, 0.1) is 7.11 Å². The summed E-state index contributed by atoms with van der Waals surface area (Å²) in [4.78, 5) is 0. The van der Waals surface area contributed by atoms with Gasteiger partial charge < -0.3 is 10.1 Å². The normalized spacial score (nSPS) is 27.1. The van der Waals surface area contributed by atoms with E-state index in [1.165, 1.54) is 56.2 Å². The van der Waals surface area contributed by atoms with E-state index in [0.717, 1.165) is 11.7 Å². The largest absolute Gasteiger partial charge is 0.497 e. The molecule has 0 amide bonds. The van der Waals surface area contributed by atoms with Crippen molar-refractivity contribution >= 4 is 0 Å². The van der Waals surface area contributed by atoms with E-state index in [1.54, 1.807) is 7.11 Å². The smallest absolute Gasteiger partial charge is 0.119 e. The first-order chi connectivity index (χ1) is 9.31. The van der Waals surface area contributed by atoms with E-state index in [2.05, 4.69) is 23.5 Å². The van der Waals surface area contributed by atoms with Crippen molar-refractivity contribution in [2.24, 2.45) is 11.3 Å². The second kappa shape index (κ2) is 4.24. The van der Waals surface area contributed by atoms with E-state index in [0.29, 0.717) is 11.5 Å². The van der Waals surface area contributed by atoms with Gasteiger partial charge in [0.25, 0.3) is 0 Å². The summed E-state index contributed by atoms with van der Waals surface area (Å²) in [6.45, 7) is 1.24. The minimum atomic E-state index is 0.557. The molecule has 0 aromatic heterocycles. The van der Waals surface area contributed by atoms with E-state index >= 15 is 0 Å². The maximum atomic E-state index is 5.37. The van der Waals surface area contributed by atoms with Gasteiger partial charge in [-0.2, -0.15) is 0 Å². The zero-order valence-electron chi connectivity index (χ0n) is 11.7. The maximum Gasteiger partial charge on any atom is 0.119 e. The van der Waals surface area contributed by atoms with Crippen molar-refractivity contribution in [1.82, 2.24) is 5.32 Å². The third kappa shape index (κ3) is 2.06. The zero-order chi connectivity index (χ0) is 12.9. The number of hydrogen-bond donors (Lipinski definition) is 1. The fourth-order valence-corrected chi connectivity index (χ4v) is 3.83. The Balaban J connectivity index is 1.46. The van der Waals surface area contributed by atoms with Crippen molar-refractivity contribution in [2.75, 3.05) is 13.7 Å². The fraction of sp³-hybridized carbons (Fsp3) is 0.647. The van der Waals surface area contributed by atoms with Crippen LogP contribution in [0.25, 0.3) is 0 Å². The molecule has 2 saturated carbocycles. The standard InChI is InChI=1S/C17H23NO/c1-19-14-6-2-12-3-7-16(15(12)10-14)18-11-17(8-9-17)13-4-5-13/h2,6,10,13,16,18H,3-5,7-9,11H2,1H3. The highest BCUT2D eigenvalue weighted by atomic mass is 16.5. The van der Waals surface area contributed by atoms with Crippen molar-refractivity contribution in [3.63, 3.8) is 0 Å². The molecule has 0 heterocycles. The SMILES string of the molecule is COc1ccc2c(c1)C(NCC1(C3CC3)CC1)CC2. The van der Waals surface area contributed by atoms with Gasteiger partial charge >= 0.3 is 0 Å². The summed E-state index contributed by atoms with van der Waals surface area (Å²) in [5.74, 6) is 2.04. The number of benzene rings is 1. The molecule has 2 heteroatoms. The lowest BCUT2D eigenvalue weighted by atomic mass is 9.99.